The fourth-order valence-electron chi connectivity index (χ4n) is 2.33. The normalized spacial score (nSPS) is 34.9. The molecule has 2 saturated heterocycles. The maximum Gasteiger partial charge on any atom is 0.218 e. The zero-order chi connectivity index (χ0) is 12.7. The van der Waals surface area contributed by atoms with Gasteiger partial charge in [0.25, 0.3) is 0 Å². The van der Waals surface area contributed by atoms with Gasteiger partial charge in [0.05, 0.1) is 16.8 Å². The Morgan fingerprint density at radius 3 is 2.59 bits per heavy atom. The lowest BCUT2D eigenvalue weighted by molar-refractivity contribution is 0.307. The van der Waals surface area contributed by atoms with Crippen LogP contribution in [0.1, 0.15) is 13.3 Å². The number of hydrogen-bond acceptors (Lipinski definition) is 5. The summed E-state index contributed by atoms with van der Waals surface area (Å²) in [5, 5.41) is 2.43. The second-order valence-corrected chi connectivity index (χ2v) is 9.22. The first kappa shape index (κ1) is 13.3. The molecular formula is C9H18N2O4S2. The highest BCUT2D eigenvalue weighted by Gasteiger charge is 2.41. The fourth-order valence-corrected chi connectivity index (χ4v) is 6.95. The molecule has 2 atom stereocenters. The lowest BCUT2D eigenvalue weighted by Gasteiger charge is -2.32. The average molecular weight is 282 g/mol. The maximum atomic E-state index is 12.3. The van der Waals surface area contributed by atoms with Crippen LogP contribution in [0.4, 0.5) is 0 Å². The van der Waals surface area contributed by atoms with Crippen molar-refractivity contribution in [3.05, 3.63) is 0 Å². The molecule has 0 saturated carbocycles. The Kier molecular flexibility index (Phi) is 3.50. The Labute approximate surface area is 102 Å². The van der Waals surface area contributed by atoms with Gasteiger partial charge in [0.15, 0.2) is 9.84 Å². The first-order valence-corrected chi connectivity index (χ1v) is 9.06. The molecule has 1 unspecified atom stereocenters. The van der Waals surface area contributed by atoms with Crippen molar-refractivity contribution >= 4 is 19.9 Å². The van der Waals surface area contributed by atoms with Gasteiger partial charge in [-0.25, -0.2) is 16.8 Å². The topological polar surface area (TPSA) is 83.6 Å². The highest BCUT2D eigenvalue weighted by Crippen LogP contribution is 2.22. The largest absolute Gasteiger partial charge is 0.312 e. The number of hydrogen-bond donors (Lipinski definition) is 1. The van der Waals surface area contributed by atoms with E-state index in [4.69, 9.17) is 0 Å². The summed E-state index contributed by atoms with van der Waals surface area (Å²) in [6.07, 6.45) is 0.239. The molecule has 8 heteroatoms. The van der Waals surface area contributed by atoms with Gasteiger partial charge >= 0.3 is 0 Å². The Morgan fingerprint density at radius 2 is 2.06 bits per heavy atom. The average Bonchev–Trinajstić information content (AvgIpc) is 2.59. The van der Waals surface area contributed by atoms with E-state index in [1.807, 2.05) is 6.92 Å². The van der Waals surface area contributed by atoms with Crippen LogP contribution in [-0.2, 0) is 19.9 Å². The van der Waals surface area contributed by atoms with Gasteiger partial charge < -0.3 is 5.32 Å². The molecule has 2 aliphatic rings. The first-order valence-electron chi connectivity index (χ1n) is 5.74. The van der Waals surface area contributed by atoms with Crippen LogP contribution in [0.15, 0.2) is 0 Å². The second-order valence-electron chi connectivity index (χ2n) is 4.78. The molecule has 6 nitrogen and oxygen atoms in total. The third kappa shape index (κ3) is 2.81. The Bertz CT molecular complexity index is 485. The van der Waals surface area contributed by atoms with E-state index in [1.165, 1.54) is 4.31 Å². The van der Waals surface area contributed by atoms with Gasteiger partial charge in [-0.1, -0.05) is 0 Å². The molecule has 2 rings (SSSR count). The maximum absolute atomic E-state index is 12.3. The second kappa shape index (κ2) is 4.49. The minimum Gasteiger partial charge on any atom is -0.312 e. The molecule has 1 N–H and O–H groups in total. The van der Waals surface area contributed by atoms with Crippen LogP contribution in [0.25, 0.3) is 0 Å². The molecule has 2 heterocycles. The molecule has 0 spiro atoms. The van der Waals surface area contributed by atoms with E-state index in [-0.39, 0.29) is 24.0 Å². The van der Waals surface area contributed by atoms with Crippen LogP contribution in [0.3, 0.4) is 0 Å². The summed E-state index contributed by atoms with van der Waals surface area (Å²) in [5.41, 5.74) is 0. The molecule has 0 aromatic rings. The Hall–Kier alpha value is -0.180. The van der Waals surface area contributed by atoms with Gasteiger partial charge in [0.2, 0.25) is 10.0 Å². The van der Waals surface area contributed by atoms with Crippen LogP contribution in [0, 0.1) is 0 Å². The van der Waals surface area contributed by atoms with Crippen LogP contribution in [-0.4, -0.2) is 63.6 Å². The molecule has 0 aliphatic carbocycles. The third-order valence-corrected chi connectivity index (χ3v) is 7.58. The van der Waals surface area contributed by atoms with Gasteiger partial charge in [-0.15, -0.1) is 0 Å². The van der Waals surface area contributed by atoms with Crippen molar-refractivity contribution in [2.45, 2.75) is 24.6 Å². The molecule has 0 bridgehead atoms. The Morgan fingerprint density at radius 1 is 1.35 bits per heavy atom. The van der Waals surface area contributed by atoms with Crippen molar-refractivity contribution < 1.29 is 16.8 Å². The SMILES string of the molecule is C[C@H]1CN(S(=O)(=O)C2CCS(=O)(=O)C2)CCN1. The molecule has 2 fully saturated rings. The number of piperazine rings is 1. The van der Waals surface area contributed by atoms with Gasteiger partial charge in [-0.05, 0) is 13.3 Å². The zero-order valence-corrected chi connectivity index (χ0v) is 11.4. The smallest absolute Gasteiger partial charge is 0.218 e. The molecule has 17 heavy (non-hydrogen) atoms. The Balaban J connectivity index is 2.14. The molecule has 2 aliphatic heterocycles. The van der Waals surface area contributed by atoms with E-state index in [9.17, 15) is 16.8 Å². The van der Waals surface area contributed by atoms with Crippen LogP contribution in [0.5, 0.6) is 0 Å². The van der Waals surface area contributed by atoms with Gasteiger partial charge in [-0.3, -0.25) is 0 Å². The summed E-state index contributed by atoms with van der Waals surface area (Å²) in [4.78, 5) is 0. The minimum absolute atomic E-state index is 0.00145. The molecule has 100 valence electrons. The van der Waals surface area contributed by atoms with Gasteiger partial charge in [-0.2, -0.15) is 4.31 Å². The van der Waals surface area contributed by atoms with Crippen molar-refractivity contribution in [3.8, 4) is 0 Å². The highest BCUT2D eigenvalue weighted by atomic mass is 32.2. The van der Waals surface area contributed by atoms with E-state index in [1.54, 1.807) is 0 Å². The minimum atomic E-state index is -3.45. The number of nitrogens with one attached hydrogen (secondary N) is 1. The molecule has 0 aromatic carbocycles. The van der Waals surface area contributed by atoms with E-state index >= 15 is 0 Å². The monoisotopic (exact) mass is 282 g/mol. The number of sulfone groups is 1. The highest BCUT2D eigenvalue weighted by molar-refractivity contribution is 7.95. The summed E-state index contributed by atoms with van der Waals surface area (Å²) in [5.74, 6) is -0.216. The number of rotatable bonds is 2. The standard InChI is InChI=1S/C9H18N2O4S2/c1-8-6-11(4-3-10-8)17(14,15)9-2-5-16(12,13)7-9/h8-10H,2-7H2,1H3/t8-,9?/m0/s1. The van der Waals surface area contributed by atoms with Gasteiger partial charge in [0.1, 0.15) is 0 Å². The fraction of sp³-hybridized carbons (Fsp3) is 1.00. The van der Waals surface area contributed by atoms with E-state index in [0.29, 0.717) is 19.6 Å². The lowest BCUT2D eigenvalue weighted by Crippen LogP contribution is -2.53. The van der Waals surface area contributed by atoms with Crippen LogP contribution >= 0.6 is 0 Å². The van der Waals surface area contributed by atoms with Crippen LogP contribution in [0.2, 0.25) is 0 Å². The van der Waals surface area contributed by atoms with Gasteiger partial charge in [0, 0.05) is 25.7 Å². The third-order valence-electron chi connectivity index (χ3n) is 3.30. The predicted molar refractivity (Wildman–Crippen MR) is 65.0 cm³/mol. The van der Waals surface area contributed by atoms with E-state index < -0.39 is 25.1 Å². The van der Waals surface area contributed by atoms with Crippen LogP contribution < -0.4 is 5.32 Å². The summed E-state index contributed by atoms with van der Waals surface area (Å²) in [7, 11) is -6.60. The van der Waals surface area contributed by atoms with Crippen molar-refractivity contribution in [3.63, 3.8) is 0 Å². The molecule has 0 amide bonds. The number of sulfonamides is 1. The van der Waals surface area contributed by atoms with Crippen molar-refractivity contribution in [2.75, 3.05) is 31.1 Å². The lowest BCUT2D eigenvalue weighted by atomic mass is 10.3. The van der Waals surface area contributed by atoms with E-state index in [2.05, 4.69) is 5.32 Å². The zero-order valence-electron chi connectivity index (χ0n) is 9.79. The first-order chi connectivity index (χ1) is 7.81. The van der Waals surface area contributed by atoms with E-state index in [0.717, 1.165) is 0 Å². The predicted octanol–water partition coefficient (Wildman–Crippen LogP) is -1.20. The summed E-state index contributed by atoms with van der Waals surface area (Å²) in [6.45, 7) is 3.41. The quantitative estimate of drug-likeness (QED) is 0.687. The number of nitrogens with zero attached hydrogens (tertiary/aromatic N) is 1. The molecular weight excluding hydrogens is 264 g/mol. The van der Waals surface area contributed by atoms with Crippen molar-refractivity contribution in [1.82, 2.24) is 9.62 Å². The summed E-state index contributed by atoms with van der Waals surface area (Å²) < 4.78 is 48.6. The molecule has 0 radical (unpaired) electrons. The summed E-state index contributed by atoms with van der Waals surface area (Å²) in [6, 6.07) is 0.122. The van der Waals surface area contributed by atoms with Crippen molar-refractivity contribution in [1.29, 1.82) is 0 Å². The molecule has 0 aromatic heterocycles. The summed E-state index contributed by atoms with van der Waals surface area (Å²) >= 11 is 0. The van der Waals surface area contributed by atoms with Crippen molar-refractivity contribution in [2.24, 2.45) is 0 Å².